The van der Waals surface area contributed by atoms with Gasteiger partial charge in [-0.05, 0) is 32.4 Å². The fourth-order valence-electron chi connectivity index (χ4n) is 2.44. The van der Waals surface area contributed by atoms with Crippen molar-refractivity contribution in [1.82, 2.24) is 0 Å². The van der Waals surface area contributed by atoms with Crippen LogP contribution in [-0.4, -0.2) is 0 Å². The Bertz CT molecular complexity index is 529. The van der Waals surface area contributed by atoms with E-state index in [-0.39, 0.29) is 0 Å². The summed E-state index contributed by atoms with van der Waals surface area (Å²) in [6, 6.07) is 2.10. The van der Waals surface area contributed by atoms with Crippen LogP contribution in [0.15, 0.2) is 14.9 Å². The summed E-state index contributed by atoms with van der Waals surface area (Å²) in [7, 11) is 0. The summed E-state index contributed by atoms with van der Waals surface area (Å²) in [6.07, 6.45) is 1.86. The Kier molecular flexibility index (Phi) is 3.14. The van der Waals surface area contributed by atoms with E-state index in [9.17, 15) is 0 Å². The molecule has 0 aliphatic heterocycles. The fraction of sp³-hybridized carbons (Fsp3) is 0.467. The van der Waals surface area contributed by atoms with Gasteiger partial charge in [-0.25, -0.2) is 0 Å². The van der Waals surface area contributed by atoms with Gasteiger partial charge in [0.15, 0.2) is 0 Å². The van der Waals surface area contributed by atoms with Crippen molar-refractivity contribution in [3.8, 4) is 11.1 Å². The van der Waals surface area contributed by atoms with Gasteiger partial charge in [0.2, 0.25) is 0 Å². The fourth-order valence-corrected chi connectivity index (χ4v) is 2.44. The highest BCUT2D eigenvalue weighted by Crippen LogP contribution is 2.36. The van der Waals surface area contributed by atoms with Gasteiger partial charge in [-0.2, -0.15) is 0 Å². The third-order valence-corrected chi connectivity index (χ3v) is 3.27. The maximum absolute atomic E-state index is 5.92. The lowest BCUT2D eigenvalue weighted by Gasteiger charge is -2.00. The van der Waals surface area contributed by atoms with Gasteiger partial charge in [0.05, 0.1) is 0 Å². The predicted octanol–water partition coefficient (Wildman–Crippen LogP) is 4.59. The Morgan fingerprint density at radius 1 is 0.941 bits per heavy atom. The summed E-state index contributed by atoms with van der Waals surface area (Å²) in [5, 5.41) is 0. The van der Waals surface area contributed by atoms with E-state index in [4.69, 9.17) is 8.83 Å². The van der Waals surface area contributed by atoms with Crippen molar-refractivity contribution in [2.75, 3.05) is 0 Å². The first-order chi connectivity index (χ1) is 8.08. The maximum Gasteiger partial charge on any atom is 0.112 e. The van der Waals surface area contributed by atoms with Gasteiger partial charge in [0, 0.05) is 24.0 Å². The Morgan fingerprint density at radius 2 is 1.59 bits per heavy atom. The molecule has 0 spiro atoms. The van der Waals surface area contributed by atoms with Crippen molar-refractivity contribution in [3.05, 3.63) is 34.7 Å². The largest absolute Gasteiger partial charge is 0.466 e. The second-order valence-electron chi connectivity index (χ2n) is 4.48. The predicted molar refractivity (Wildman–Crippen MR) is 69.4 cm³/mol. The Hall–Kier alpha value is -1.44. The van der Waals surface area contributed by atoms with Gasteiger partial charge < -0.3 is 8.83 Å². The van der Waals surface area contributed by atoms with E-state index in [1.807, 2.05) is 13.8 Å². The zero-order chi connectivity index (χ0) is 12.6. The minimum atomic E-state index is 0.917. The molecule has 2 rings (SSSR count). The van der Waals surface area contributed by atoms with Gasteiger partial charge >= 0.3 is 0 Å². The minimum Gasteiger partial charge on any atom is -0.466 e. The molecule has 0 N–H and O–H groups in total. The normalized spacial score (nSPS) is 11.1. The number of furan rings is 2. The lowest BCUT2D eigenvalue weighted by atomic mass is 10.00. The van der Waals surface area contributed by atoms with Crippen LogP contribution in [0.2, 0.25) is 0 Å². The van der Waals surface area contributed by atoms with Crippen molar-refractivity contribution in [2.45, 2.75) is 47.5 Å². The van der Waals surface area contributed by atoms with Crippen LogP contribution in [-0.2, 0) is 12.8 Å². The molecule has 2 aromatic heterocycles. The molecule has 0 aliphatic carbocycles. The molecule has 2 aromatic rings. The van der Waals surface area contributed by atoms with Crippen molar-refractivity contribution in [1.29, 1.82) is 0 Å². The lowest BCUT2D eigenvalue weighted by Crippen LogP contribution is -1.85. The monoisotopic (exact) mass is 232 g/mol. The smallest absolute Gasteiger partial charge is 0.112 e. The molecule has 0 aliphatic rings. The first-order valence-electron chi connectivity index (χ1n) is 6.27. The van der Waals surface area contributed by atoms with E-state index in [2.05, 4.69) is 26.8 Å². The average Bonchev–Trinajstić information content (AvgIpc) is 2.78. The molecule has 0 radical (unpaired) electrons. The van der Waals surface area contributed by atoms with Crippen molar-refractivity contribution in [3.63, 3.8) is 0 Å². The third kappa shape index (κ3) is 1.92. The van der Waals surface area contributed by atoms with E-state index < -0.39 is 0 Å². The summed E-state index contributed by atoms with van der Waals surface area (Å²) < 4.78 is 11.5. The number of rotatable bonds is 3. The van der Waals surface area contributed by atoms with Crippen LogP contribution < -0.4 is 0 Å². The summed E-state index contributed by atoms with van der Waals surface area (Å²) >= 11 is 0. The lowest BCUT2D eigenvalue weighted by molar-refractivity contribution is 0.473. The van der Waals surface area contributed by atoms with Gasteiger partial charge in [-0.15, -0.1) is 0 Å². The quantitative estimate of drug-likeness (QED) is 0.773. The molecule has 2 heterocycles. The molecule has 92 valence electrons. The van der Waals surface area contributed by atoms with Gasteiger partial charge in [-0.3, -0.25) is 0 Å². The third-order valence-electron chi connectivity index (χ3n) is 3.27. The van der Waals surface area contributed by atoms with Crippen LogP contribution in [0.3, 0.4) is 0 Å². The van der Waals surface area contributed by atoms with Crippen LogP contribution in [0, 0.1) is 20.8 Å². The van der Waals surface area contributed by atoms with E-state index in [0.29, 0.717) is 0 Å². The molecule has 2 nitrogen and oxygen atoms in total. The molecule has 0 unspecified atom stereocenters. The van der Waals surface area contributed by atoms with Gasteiger partial charge in [0.25, 0.3) is 0 Å². The summed E-state index contributed by atoms with van der Waals surface area (Å²) in [6.45, 7) is 10.4. The highest BCUT2D eigenvalue weighted by atomic mass is 16.3. The molecule has 0 atom stereocenters. The number of hydrogen-bond donors (Lipinski definition) is 0. The zero-order valence-electron chi connectivity index (χ0n) is 11.3. The van der Waals surface area contributed by atoms with Crippen molar-refractivity contribution in [2.24, 2.45) is 0 Å². The Labute approximate surface area is 103 Å². The number of hydrogen-bond acceptors (Lipinski definition) is 2. The van der Waals surface area contributed by atoms with Crippen LogP contribution in [0.1, 0.15) is 42.5 Å². The standard InChI is InChI=1S/C15H20O2/c1-6-13-10(4)15(14(7-2)17-13)12-8-9(3)16-11(12)5/h8H,6-7H2,1-5H3. The molecule has 0 saturated carbocycles. The molecule has 2 heteroatoms. The molecule has 0 aromatic carbocycles. The van der Waals surface area contributed by atoms with E-state index >= 15 is 0 Å². The molecule has 0 saturated heterocycles. The summed E-state index contributed by atoms with van der Waals surface area (Å²) in [4.78, 5) is 0. The molecule has 0 amide bonds. The Morgan fingerprint density at radius 3 is 2.06 bits per heavy atom. The molecular weight excluding hydrogens is 212 g/mol. The summed E-state index contributed by atoms with van der Waals surface area (Å²) in [5.41, 5.74) is 3.67. The van der Waals surface area contributed by atoms with Crippen molar-refractivity contribution < 1.29 is 8.83 Å². The topological polar surface area (TPSA) is 26.3 Å². The second kappa shape index (κ2) is 4.44. The minimum absolute atomic E-state index is 0.917. The molecule has 0 fully saturated rings. The second-order valence-corrected chi connectivity index (χ2v) is 4.48. The van der Waals surface area contributed by atoms with Crippen molar-refractivity contribution >= 4 is 0 Å². The molecule has 0 bridgehead atoms. The maximum atomic E-state index is 5.92. The first kappa shape index (κ1) is 12.0. The first-order valence-corrected chi connectivity index (χ1v) is 6.27. The highest BCUT2D eigenvalue weighted by Gasteiger charge is 2.19. The Balaban J connectivity index is 2.65. The molecular formula is C15H20O2. The zero-order valence-corrected chi connectivity index (χ0v) is 11.3. The summed E-state index contributed by atoms with van der Waals surface area (Å²) in [5.74, 6) is 4.10. The van der Waals surface area contributed by atoms with Crippen LogP contribution in [0.25, 0.3) is 11.1 Å². The van der Waals surface area contributed by atoms with Crippen LogP contribution >= 0.6 is 0 Å². The highest BCUT2D eigenvalue weighted by molar-refractivity contribution is 5.72. The van der Waals surface area contributed by atoms with E-state index in [1.54, 1.807) is 0 Å². The van der Waals surface area contributed by atoms with Gasteiger partial charge in [0.1, 0.15) is 23.0 Å². The van der Waals surface area contributed by atoms with Crippen LogP contribution in [0.4, 0.5) is 0 Å². The van der Waals surface area contributed by atoms with Crippen LogP contribution in [0.5, 0.6) is 0 Å². The SMILES string of the molecule is CCc1oc(CC)c(-c2cc(C)oc2C)c1C. The van der Waals surface area contributed by atoms with E-state index in [0.717, 1.165) is 35.9 Å². The molecule has 17 heavy (non-hydrogen) atoms. The average molecular weight is 232 g/mol. The van der Waals surface area contributed by atoms with E-state index in [1.165, 1.54) is 16.7 Å². The number of aryl methyl sites for hydroxylation is 4. The van der Waals surface area contributed by atoms with Gasteiger partial charge in [-0.1, -0.05) is 13.8 Å².